The molecule has 0 aliphatic carbocycles. The summed E-state index contributed by atoms with van der Waals surface area (Å²) in [4.78, 5) is 3.92. The first-order valence-corrected chi connectivity index (χ1v) is 4.08. The highest BCUT2D eigenvalue weighted by atomic mass is 32.2. The lowest BCUT2D eigenvalue weighted by atomic mass is 10.5. The number of aromatic nitrogens is 3. The number of nitrogens with zero attached hydrogens (tertiary/aromatic N) is 2. The summed E-state index contributed by atoms with van der Waals surface area (Å²) in [6, 6.07) is 0. The maximum absolute atomic E-state index is 6.92. The van der Waals surface area contributed by atoms with Crippen molar-refractivity contribution in [3.8, 4) is 0 Å². The minimum absolute atomic E-state index is 0.143. The number of thioether (sulfide) groups is 1. The molecule has 1 heterocycles. The zero-order valence-electron chi connectivity index (χ0n) is 5.87. The summed E-state index contributed by atoms with van der Waals surface area (Å²) in [6.07, 6.45) is 2.23. The second-order valence-corrected chi connectivity index (χ2v) is 3.03. The van der Waals surface area contributed by atoms with E-state index in [1.54, 1.807) is 0 Å². The van der Waals surface area contributed by atoms with Crippen LogP contribution in [0.2, 0.25) is 0 Å². The quantitative estimate of drug-likeness (QED) is 0.440. The normalized spacial score (nSPS) is 9.82. The van der Waals surface area contributed by atoms with Gasteiger partial charge in [-0.05, 0) is 0 Å². The van der Waals surface area contributed by atoms with Gasteiger partial charge in [-0.25, -0.2) is 4.98 Å². The van der Waals surface area contributed by atoms with Gasteiger partial charge in [-0.2, -0.15) is 5.10 Å². The summed E-state index contributed by atoms with van der Waals surface area (Å²) in [5.74, 6) is 1.60. The van der Waals surface area contributed by atoms with Crippen molar-refractivity contribution in [1.82, 2.24) is 15.2 Å². The Balaban J connectivity index is 2.19. The van der Waals surface area contributed by atoms with Crippen LogP contribution < -0.4 is 5.73 Å². The molecule has 0 saturated carbocycles. The van der Waals surface area contributed by atoms with E-state index in [9.17, 15) is 0 Å². The maximum atomic E-state index is 6.92. The van der Waals surface area contributed by atoms with Gasteiger partial charge in [0.05, 0.1) is 0 Å². The number of hydrogen-bond acceptors (Lipinski definition) is 4. The number of nitrogens with one attached hydrogen (secondary N) is 2. The molecule has 0 aliphatic rings. The van der Waals surface area contributed by atoms with Gasteiger partial charge in [0.2, 0.25) is 0 Å². The van der Waals surface area contributed by atoms with Gasteiger partial charge in [-0.15, -0.1) is 0 Å². The highest BCUT2D eigenvalue weighted by molar-refractivity contribution is 8.13. The molecule has 0 radical (unpaired) electrons. The Labute approximate surface area is 68.3 Å². The molecule has 5 nitrogen and oxygen atoms in total. The Kier molecular flexibility index (Phi) is 2.91. The molecule has 11 heavy (non-hydrogen) atoms. The first kappa shape index (κ1) is 8.06. The molecule has 1 rings (SSSR count). The lowest BCUT2D eigenvalue weighted by Gasteiger charge is -1.94. The fourth-order valence-electron chi connectivity index (χ4n) is 0.609. The van der Waals surface area contributed by atoms with E-state index in [1.807, 2.05) is 0 Å². The van der Waals surface area contributed by atoms with Gasteiger partial charge in [-0.3, -0.25) is 10.5 Å². The molecular formula is C5H9N5S. The van der Waals surface area contributed by atoms with Gasteiger partial charge >= 0.3 is 0 Å². The van der Waals surface area contributed by atoms with Crippen molar-refractivity contribution in [1.29, 1.82) is 5.41 Å². The van der Waals surface area contributed by atoms with Crippen LogP contribution in [-0.4, -0.2) is 26.1 Å². The molecule has 60 valence electrons. The van der Waals surface area contributed by atoms with Crippen LogP contribution in [0.3, 0.4) is 0 Å². The second kappa shape index (κ2) is 3.97. The van der Waals surface area contributed by atoms with E-state index in [4.69, 9.17) is 11.1 Å². The number of hydrogen-bond donors (Lipinski definition) is 3. The van der Waals surface area contributed by atoms with E-state index < -0.39 is 0 Å². The molecule has 1 aromatic heterocycles. The van der Waals surface area contributed by atoms with Crippen LogP contribution in [0, 0.1) is 5.41 Å². The van der Waals surface area contributed by atoms with Gasteiger partial charge < -0.3 is 5.73 Å². The molecule has 0 amide bonds. The summed E-state index contributed by atoms with van der Waals surface area (Å²) >= 11 is 1.30. The van der Waals surface area contributed by atoms with Crippen molar-refractivity contribution >= 4 is 16.9 Å². The van der Waals surface area contributed by atoms with Crippen LogP contribution in [0.4, 0.5) is 0 Å². The first-order valence-electron chi connectivity index (χ1n) is 3.10. The van der Waals surface area contributed by atoms with Crippen molar-refractivity contribution < 1.29 is 0 Å². The topological polar surface area (TPSA) is 91.4 Å². The third-order valence-electron chi connectivity index (χ3n) is 1.06. The SMILES string of the molecule is N=C(N)SCCc1ncn[nH]1. The van der Waals surface area contributed by atoms with Crippen molar-refractivity contribution in [2.24, 2.45) is 5.73 Å². The van der Waals surface area contributed by atoms with E-state index >= 15 is 0 Å². The minimum atomic E-state index is 0.143. The summed E-state index contributed by atoms with van der Waals surface area (Å²) in [5.41, 5.74) is 5.13. The number of aryl methyl sites for hydroxylation is 1. The summed E-state index contributed by atoms with van der Waals surface area (Å²) in [7, 11) is 0. The standard InChI is InChI=1S/C5H9N5S/c6-5(7)11-2-1-4-8-3-9-10-4/h3H,1-2H2,(H3,6,7)(H,8,9,10). The van der Waals surface area contributed by atoms with Gasteiger partial charge in [0.25, 0.3) is 0 Å². The fraction of sp³-hybridized carbons (Fsp3) is 0.400. The zero-order valence-corrected chi connectivity index (χ0v) is 6.69. The summed E-state index contributed by atoms with van der Waals surface area (Å²) < 4.78 is 0. The first-order chi connectivity index (χ1) is 5.29. The summed E-state index contributed by atoms with van der Waals surface area (Å²) in [5, 5.41) is 13.5. The molecule has 0 atom stereocenters. The molecule has 0 bridgehead atoms. The predicted octanol–water partition coefficient (Wildman–Crippen LogP) is -0.0261. The number of H-pyrrole nitrogens is 1. The van der Waals surface area contributed by atoms with Crippen molar-refractivity contribution in [2.45, 2.75) is 6.42 Å². The Morgan fingerprint density at radius 3 is 3.18 bits per heavy atom. The van der Waals surface area contributed by atoms with Crippen LogP contribution in [-0.2, 0) is 6.42 Å². The number of nitrogens with two attached hydrogens (primary N) is 1. The third kappa shape index (κ3) is 3.03. The Morgan fingerprint density at radius 1 is 1.82 bits per heavy atom. The third-order valence-corrected chi connectivity index (χ3v) is 1.78. The molecule has 0 fully saturated rings. The van der Waals surface area contributed by atoms with Crippen molar-refractivity contribution in [3.63, 3.8) is 0 Å². The van der Waals surface area contributed by atoms with Crippen molar-refractivity contribution in [3.05, 3.63) is 12.2 Å². The molecule has 6 heteroatoms. The monoisotopic (exact) mass is 171 g/mol. The number of rotatable bonds is 3. The molecule has 1 aromatic rings. The Hall–Kier alpha value is -1.04. The van der Waals surface area contributed by atoms with Gasteiger partial charge in [0, 0.05) is 12.2 Å². The molecule has 0 saturated heterocycles. The van der Waals surface area contributed by atoms with Crippen LogP contribution >= 0.6 is 11.8 Å². The van der Waals surface area contributed by atoms with E-state index in [2.05, 4.69) is 15.2 Å². The van der Waals surface area contributed by atoms with Crippen LogP contribution in [0.1, 0.15) is 5.82 Å². The van der Waals surface area contributed by atoms with Gasteiger partial charge in [0.15, 0.2) is 5.17 Å². The van der Waals surface area contributed by atoms with Crippen LogP contribution in [0.25, 0.3) is 0 Å². The lowest BCUT2D eigenvalue weighted by molar-refractivity contribution is 0.955. The minimum Gasteiger partial charge on any atom is -0.379 e. The lowest BCUT2D eigenvalue weighted by Crippen LogP contribution is -2.05. The predicted molar refractivity (Wildman–Crippen MR) is 44.5 cm³/mol. The molecule has 0 spiro atoms. The smallest absolute Gasteiger partial charge is 0.151 e. The van der Waals surface area contributed by atoms with E-state index in [1.165, 1.54) is 18.1 Å². The summed E-state index contributed by atoms with van der Waals surface area (Å²) in [6.45, 7) is 0. The maximum Gasteiger partial charge on any atom is 0.151 e. The highest BCUT2D eigenvalue weighted by Gasteiger charge is 1.95. The van der Waals surface area contributed by atoms with Crippen LogP contribution in [0.15, 0.2) is 6.33 Å². The molecule has 0 aliphatic heterocycles. The average Bonchev–Trinajstić information content (AvgIpc) is 2.39. The molecule has 4 N–H and O–H groups in total. The Bertz CT molecular complexity index is 219. The highest BCUT2D eigenvalue weighted by Crippen LogP contribution is 2.00. The average molecular weight is 171 g/mol. The molecule has 0 aromatic carbocycles. The van der Waals surface area contributed by atoms with E-state index in [0.717, 1.165) is 18.0 Å². The number of amidine groups is 1. The zero-order chi connectivity index (χ0) is 8.10. The van der Waals surface area contributed by atoms with Crippen molar-refractivity contribution in [2.75, 3.05) is 5.75 Å². The van der Waals surface area contributed by atoms with Gasteiger partial charge in [-0.1, -0.05) is 11.8 Å². The number of aromatic amines is 1. The van der Waals surface area contributed by atoms with E-state index in [0.29, 0.717) is 0 Å². The largest absolute Gasteiger partial charge is 0.379 e. The Morgan fingerprint density at radius 2 is 2.64 bits per heavy atom. The fourth-order valence-corrected chi connectivity index (χ4v) is 1.12. The molecular weight excluding hydrogens is 162 g/mol. The van der Waals surface area contributed by atoms with Gasteiger partial charge in [0.1, 0.15) is 12.2 Å². The second-order valence-electron chi connectivity index (χ2n) is 1.89. The van der Waals surface area contributed by atoms with E-state index in [-0.39, 0.29) is 5.17 Å². The van der Waals surface area contributed by atoms with Crippen LogP contribution in [0.5, 0.6) is 0 Å². The molecule has 0 unspecified atom stereocenters.